The first-order valence-corrected chi connectivity index (χ1v) is 9.05. The highest BCUT2D eigenvalue weighted by molar-refractivity contribution is 8.00. The summed E-state index contributed by atoms with van der Waals surface area (Å²) in [4.78, 5) is 26.0. The Bertz CT molecular complexity index is 557. The summed E-state index contributed by atoms with van der Waals surface area (Å²) in [7, 11) is 1.58. The smallest absolute Gasteiger partial charge is 0.234 e. The van der Waals surface area contributed by atoms with E-state index in [-0.39, 0.29) is 17.6 Å². The molecule has 0 radical (unpaired) electrons. The molecular formula is C17H24N2O3S. The predicted molar refractivity (Wildman–Crippen MR) is 94.1 cm³/mol. The zero-order valence-electron chi connectivity index (χ0n) is 13.8. The number of anilines is 1. The Hall–Kier alpha value is -1.69. The second-order valence-electron chi connectivity index (χ2n) is 5.69. The van der Waals surface area contributed by atoms with E-state index in [2.05, 4.69) is 5.32 Å². The van der Waals surface area contributed by atoms with Crippen molar-refractivity contribution in [3.05, 3.63) is 23.8 Å². The first-order valence-electron chi connectivity index (χ1n) is 7.90. The van der Waals surface area contributed by atoms with Gasteiger partial charge in [-0.3, -0.25) is 9.59 Å². The fraction of sp³-hybridized carbons (Fsp3) is 0.529. The number of hydrogen-bond donors (Lipinski definition) is 1. The Morgan fingerprint density at radius 1 is 1.22 bits per heavy atom. The molecular weight excluding hydrogens is 312 g/mol. The number of ether oxygens (including phenoxy) is 1. The maximum atomic E-state index is 12.0. The number of carbonyl (C=O) groups excluding carboxylic acids is 2. The number of carbonyl (C=O) groups is 2. The molecule has 0 unspecified atom stereocenters. The molecule has 6 heteroatoms. The largest absolute Gasteiger partial charge is 0.495 e. The molecule has 1 aliphatic heterocycles. The van der Waals surface area contributed by atoms with Gasteiger partial charge < -0.3 is 15.0 Å². The molecule has 1 heterocycles. The van der Waals surface area contributed by atoms with Crippen molar-refractivity contribution < 1.29 is 14.3 Å². The molecule has 0 spiro atoms. The van der Waals surface area contributed by atoms with Gasteiger partial charge in [0.2, 0.25) is 11.8 Å². The molecule has 126 valence electrons. The Morgan fingerprint density at radius 2 is 1.96 bits per heavy atom. The van der Waals surface area contributed by atoms with Gasteiger partial charge >= 0.3 is 0 Å². The van der Waals surface area contributed by atoms with Gasteiger partial charge in [0.15, 0.2) is 0 Å². The summed E-state index contributed by atoms with van der Waals surface area (Å²) in [5, 5.41) is 2.85. The van der Waals surface area contributed by atoms with Crippen molar-refractivity contribution in [2.75, 3.05) is 37.0 Å². The lowest BCUT2D eigenvalue weighted by Gasteiger charge is -2.26. The number of hydrogen-bond acceptors (Lipinski definition) is 4. The summed E-state index contributed by atoms with van der Waals surface area (Å²) in [5.74, 6) is 1.27. The van der Waals surface area contributed by atoms with Crippen molar-refractivity contribution in [2.45, 2.75) is 26.2 Å². The number of likely N-dealkylation sites (tertiary alicyclic amines) is 1. The Balaban J connectivity index is 1.77. The van der Waals surface area contributed by atoms with Gasteiger partial charge in [0.05, 0.1) is 24.3 Å². The summed E-state index contributed by atoms with van der Waals surface area (Å²) >= 11 is 1.36. The maximum absolute atomic E-state index is 12.0. The normalized spacial score (nSPS) is 14.4. The van der Waals surface area contributed by atoms with E-state index < -0.39 is 0 Å². The third-order valence-corrected chi connectivity index (χ3v) is 4.71. The minimum atomic E-state index is -0.120. The molecule has 0 aliphatic carbocycles. The molecule has 2 rings (SSSR count). The van der Waals surface area contributed by atoms with Gasteiger partial charge in [-0.25, -0.2) is 0 Å². The predicted octanol–water partition coefficient (Wildman–Crippen LogP) is 2.69. The number of nitrogens with one attached hydrogen (secondary N) is 1. The van der Waals surface area contributed by atoms with Crippen LogP contribution in [0.5, 0.6) is 5.75 Å². The van der Waals surface area contributed by atoms with E-state index in [4.69, 9.17) is 4.74 Å². The van der Waals surface area contributed by atoms with Crippen LogP contribution in [-0.4, -0.2) is 48.4 Å². The second kappa shape index (κ2) is 8.82. The van der Waals surface area contributed by atoms with Crippen LogP contribution in [0.3, 0.4) is 0 Å². The van der Waals surface area contributed by atoms with Crippen LogP contribution in [-0.2, 0) is 9.59 Å². The van der Waals surface area contributed by atoms with Gasteiger partial charge in [-0.15, -0.1) is 11.8 Å². The summed E-state index contributed by atoms with van der Waals surface area (Å²) in [6, 6.07) is 5.64. The van der Waals surface area contributed by atoms with E-state index in [1.165, 1.54) is 18.2 Å². The van der Waals surface area contributed by atoms with Crippen molar-refractivity contribution in [3.63, 3.8) is 0 Å². The molecule has 1 saturated heterocycles. The monoisotopic (exact) mass is 336 g/mol. The van der Waals surface area contributed by atoms with Gasteiger partial charge in [0.25, 0.3) is 0 Å². The topological polar surface area (TPSA) is 58.6 Å². The average Bonchev–Trinajstić information content (AvgIpc) is 2.56. The van der Waals surface area contributed by atoms with E-state index in [9.17, 15) is 9.59 Å². The van der Waals surface area contributed by atoms with E-state index in [0.29, 0.717) is 17.2 Å². The molecule has 5 nitrogen and oxygen atoms in total. The van der Waals surface area contributed by atoms with E-state index in [1.807, 2.05) is 30.0 Å². The third kappa shape index (κ3) is 5.46. The number of piperidine rings is 1. The first-order chi connectivity index (χ1) is 11.1. The Kier molecular flexibility index (Phi) is 6.77. The number of rotatable bonds is 6. The number of methoxy groups -OCH3 is 1. The molecule has 1 aromatic rings. The molecule has 1 aromatic carbocycles. The van der Waals surface area contributed by atoms with Crippen LogP contribution in [0.25, 0.3) is 0 Å². The molecule has 1 N–H and O–H groups in total. The summed E-state index contributed by atoms with van der Waals surface area (Å²) in [6.07, 6.45) is 3.38. The summed E-state index contributed by atoms with van der Waals surface area (Å²) in [6.45, 7) is 3.67. The van der Waals surface area contributed by atoms with Crippen LogP contribution in [0.15, 0.2) is 18.2 Å². The highest BCUT2D eigenvalue weighted by Crippen LogP contribution is 2.25. The minimum absolute atomic E-state index is 0.120. The van der Waals surface area contributed by atoms with Crippen LogP contribution < -0.4 is 10.1 Å². The van der Waals surface area contributed by atoms with Crippen LogP contribution in [0, 0.1) is 6.92 Å². The molecule has 0 bridgehead atoms. The lowest BCUT2D eigenvalue weighted by Crippen LogP contribution is -2.37. The van der Waals surface area contributed by atoms with Crippen LogP contribution in [0.2, 0.25) is 0 Å². The van der Waals surface area contributed by atoms with Crippen molar-refractivity contribution >= 4 is 29.3 Å². The van der Waals surface area contributed by atoms with Gasteiger partial charge in [-0.05, 0) is 43.9 Å². The fourth-order valence-electron chi connectivity index (χ4n) is 2.57. The van der Waals surface area contributed by atoms with E-state index >= 15 is 0 Å². The standard InChI is InChI=1S/C17H24N2O3S/c1-13-6-7-15(22-2)14(10-13)18-16(20)11-23-12-17(21)19-8-4-3-5-9-19/h6-7,10H,3-5,8-9,11-12H2,1-2H3,(H,18,20). The minimum Gasteiger partial charge on any atom is -0.495 e. The van der Waals surface area contributed by atoms with Crippen LogP contribution in [0.4, 0.5) is 5.69 Å². The number of thioether (sulfide) groups is 1. The van der Waals surface area contributed by atoms with Gasteiger partial charge in [-0.1, -0.05) is 6.07 Å². The quantitative estimate of drug-likeness (QED) is 0.868. The number of amides is 2. The van der Waals surface area contributed by atoms with Gasteiger partial charge in [0.1, 0.15) is 5.75 Å². The van der Waals surface area contributed by atoms with Crippen molar-refractivity contribution in [1.82, 2.24) is 4.90 Å². The van der Waals surface area contributed by atoms with Crippen LogP contribution in [0.1, 0.15) is 24.8 Å². The number of nitrogens with zero attached hydrogens (tertiary/aromatic N) is 1. The molecule has 0 saturated carbocycles. The number of aryl methyl sites for hydroxylation is 1. The molecule has 1 fully saturated rings. The first kappa shape index (κ1) is 17.7. The summed E-state index contributed by atoms with van der Waals surface area (Å²) < 4.78 is 5.24. The second-order valence-corrected chi connectivity index (χ2v) is 6.67. The zero-order chi connectivity index (χ0) is 16.7. The average molecular weight is 336 g/mol. The SMILES string of the molecule is COc1ccc(C)cc1NC(=O)CSCC(=O)N1CCCCC1. The highest BCUT2D eigenvalue weighted by Gasteiger charge is 2.16. The van der Waals surface area contributed by atoms with Crippen LogP contribution >= 0.6 is 11.8 Å². The maximum Gasteiger partial charge on any atom is 0.234 e. The molecule has 23 heavy (non-hydrogen) atoms. The Labute approximate surface area is 141 Å². The lowest BCUT2D eigenvalue weighted by atomic mass is 10.1. The van der Waals surface area contributed by atoms with Crippen molar-refractivity contribution in [3.8, 4) is 5.75 Å². The number of benzene rings is 1. The zero-order valence-corrected chi connectivity index (χ0v) is 14.6. The van der Waals surface area contributed by atoms with Gasteiger partial charge in [0, 0.05) is 13.1 Å². The lowest BCUT2D eigenvalue weighted by molar-refractivity contribution is -0.129. The molecule has 0 aromatic heterocycles. The summed E-state index contributed by atoms with van der Waals surface area (Å²) in [5.41, 5.74) is 1.72. The molecule has 0 atom stereocenters. The fourth-order valence-corrected chi connectivity index (χ4v) is 3.29. The van der Waals surface area contributed by atoms with Crippen molar-refractivity contribution in [2.24, 2.45) is 0 Å². The highest BCUT2D eigenvalue weighted by atomic mass is 32.2. The van der Waals surface area contributed by atoms with Crippen molar-refractivity contribution in [1.29, 1.82) is 0 Å². The van der Waals surface area contributed by atoms with E-state index in [0.717, 1.165) is 31.5 Å². The molecule has 2 amide bonds. The Morgan fingerprint density at radius 3 is 2.65 bits per heavy atom. The van der Waals surface area contributed by atoms with E-state index in [1.54, 1.807) is 7.11 Å². The molecule has 1 aliphatic rings. The third-order valence-electron chi connectivity index (χ3n) is 3.80. The van der Waals surface area contributed by atoms with Gasteiger partial charge in [-0.2, -0.15) is 0 Å².